The predicted octanol–water partition coefficient (Wildman–Crippen LogP) is 2.17. The SMILES string of the molecule is CC1CCCC1c1ccc(C(=O)N=C(N)N)c(Br)c1S(C)(=O)=O. The van der Waals surface area contributed by atoms with E-state index >= 15 is 0 Å². The number of nitrogens with two attached hydrogens (primary N) is 2. The number of guanidine groups is 1. The molecular formula is C15H20BrN3O3S. The normalized spacial score (nSPS) is 21.2. The average Bonchev–Trinajstić information content (AvgIpc) is 2.81. The molecule has 1 amide bonds. The van der Waals surface area contributed by atoms with Gasteiger partial charge in [-0.25, -0.2) is 8.42 Å². The van der Waals surface area contributed by atoms with Crippen LogP contribution < -0.4 is 11.5 Å². The largest absolute Gasteiger partial charge is 0.370 e. The lowest BCUT2D eigenvalue weighted by Crippen LogP contribution is -2.24. The molecule has 2 atom stereocenters. The zero-order valence-electron chi connectivity index (χ0n) is 13.0. The van der Waals surface area contributed by atoms with Gasteiger partial charge in [-0.1, -0.05) is 25.8 Å². The van der Waals surface area contributed by atoms with Gasteiger partial charge in [-0.05, 0) is 45.8 Å². The molecule has 2 rings (SSSR count). The fourth-order valence-electron chi connectivity index (χ4n) is 3.19. The molecule has 1 aromatic carbocycles. The number of carbonyl (C=O) groups excluding carboxylic acids is 1. The Balaban J connectivity index is 2.66. The van der Waals surface area contributed by atoms with Crippen molar-refractivity contribution >= 4 is 37.6 Å². The summed E-state index contributed by atoms with van der Waals surface area (Å²) in [4.78, 5) is 15.7. The highest BCUT2D eigenvalue weighted by Gasteiger charge is 2.32. The molecule has 0 spiro atoms. The van der Waals surface area contributed by atoms with E-state index in [2.05, 4.69) is 27.8 Å². The zero-order valence-corrected chi connectivity index (χ0v) is 15.4. The predicted molar refractivity (Wildman–Crippen MR) is 93.1 cm³/mol. The summed E-state index contributed by atoms with van der Waals surface area (Å²) >= 11 is 3.27. The molecule has 6 nitrogen and oxygen atoms in total. The van der Waals surface area contributed by atoms with Crippen molar-refractivity contribution in [2.24, 2.45) is 22.4 Å². The van der Waals surface area contributed by atoms with E-state index in [0.29, 0.717) is 5.92 Å². The van der Waals surface area contributed by atoms with Crippen LogP contribution >= 0.6 is 15.9 Å². The number of benzene rings is 1. The van der Waals surface area contributed by atoms with Gasteiger partial charge in [0.2, 0.25) is 0 Å². The Labute approximate surface area is 144 Å². The molecule has 23 heavy (non-hydrogen) atoms. The summed E-state index contributed by atoms with van der Waals surface area (Å²) in [6.07, 6.45) is 4.23. The summed E-state index contributed by atoms with van der Waals surface area (Å²) in [7, 11) is -3.52. The van der Waals surface area contributed by atoms with Gasteiger partial charge < -0.3 is 11.5 Å². The fourth-order valence-corrected chi connectivity index (χ4v) is 5.69. The molecule has 1 fully saturated rings. The van der Waals surface area contributed by atoms with Gasteiger partial charge in [0.1, 0.15) is 0 Å². The van der Waals surface area contributed by atoms with Crippen LogP contribution in [0.2, 0.25) is 0 Å². The minimum atomic E-state index is -3.52. The second kappa shape index (κ2) is 6.60. The molecule has 0 heterocycles. The molecular weight excluding hydrogens is 382 g/mol. The first-order valence-corrected chi connectivity index (χ1v) is 9.97. The molecule has 1 aliphatic carbocycles. The summed E-state index contributed by atoms with van der Waals surface area (Å²) in [5.41, 5.74) is 11.3. The van der Waals surface area contributed by atoms with E-state index in [1.54, 1.807) is 12.1 Å². The van der Waals surface area contributed by atoms with Crippen LogP contribution in [0.4, 0.5) is 0 Å². The van der Waals surface area contributed by atoms with Gasteiger partial charge in [0.15, 0.2) is 15.8 Å². The number of nitrogens with zero attached hydrogens (tertiary/aromatic N) is 1. The van der Waals surface area contributed by atoms with Crippen LogP contribution in [0.3, 0.4) is 0 Å². The van der Waals surface area contributed by atoms with E-state index in [9.17, 15) is 13.2 Å². The highest BCUT2D eigenvalue weighted by molar-refractivity contribution is 9.10. The van der Waals surface area contributed by atoms with Crippen LogP contribution in [0.1, 0.15) is 48.0 Å². The Bertz CT molecular complexity index is 770. The number of hydrogen-bond acceptors (Lipinski definition) is 3. The van der Waals surface area contributed by atoms with E-state index in [-0.39, 0.29) is 26.8 Å². The number of carbonyl (C=O) groups is 1. The van der Waals surface area contributed by atoms with Crippen LogP contribution in [0.25, 0.3) is 0 Å². The third-order valence-corrected chi connectivity index (χ3v) is 6.49. The number of aliphatic imine (C=N–C) groups is 1. The van der Waals surface area contributed by atoms with E-state index in [4.69, 9.17) is 11.5 Å². The Morgan fingerprint density at radius 2 is 1.96 bits per heavy atom. The van der Waals surface area contributed by atoms with E-state index in [1.807, 2.05) is 0 Å². The van der Waals surface area contributed by atoms with Crippen LogP contribution in [-0.4, -0.2) is 26.5 Å². The van der Waals surface area contributed by atoms with Crippen molar-refractivity contribution in [3.8, 4) is 0 Å². The van der Waals surface area contributed by atoms with Gasteiger partial charge in [-0.15, -0.1) is 0 Å². The van der Waals surface area contributed by atoms with Crippen LogP contribution in [-0.2, 0) is 9.84 Å². The van der Waals surface area contributed by atoms with Crippen molar-refractivity contribution in [2.75, 3.05) is 6.26 Å². The second-order valence-electron chi connectivity index (χ2n) is 5.97. The van der Waals surface area contributed by atoms with Crippen molar-refractivity contribution in [1.29, 1.82) is 0 Å². The van der Waals surface area contributed by atoms with Crippen molar-refractivity contribution in [1.82, 2.24) is 0 Å². The molecule has 8 heteroatoms. The smallest absolute Gasteiger partial charge is 0.281 e. The Kier molecular flexibility index (Phi) is 5.15. The molecule has 126 valence electrons. The van der Waals surface area contributed by atoms with Crippen LogP contribution in [0.5, 0.6) is 0 Å². The van der Waals surface area contributed by atoms with E-state index in [1.165, 1.54) is 0 Å². The second-order valence-corrected chi connectivity index (χ2v) is 8.72. The molecule has 0 saturated heterocycles. The number of rotatable bonds is 3. The molecule has 2 unspecified atom stereocenters. The fraction of sp³-hybridized carbons (Fsp3) is 0.467. The maximum atomic E-state index is 12.3. The monoisotopic (exact) mass is 401 g/mol. The number of amides is 1. The van der Waals surface area contributed by atoms with Gasteiger partial charge in [-0.2, -0.15) is 4.99 Å². The van der Waals surface area contributed by atoms with Crippen LogP contribution in [0.15, 0.2) is 26.5 Å². The standard InChI is InChI=1S/C15H20BrN3O3S/c1-8-4-3-5-9(8)10-6-7-11(14(20)19-15(17)18)12(16)13(10)23(2,21)22/h6-9H,3-5H2,1-2H3,(H4,17,18,19,20). The molecule has 0 aliphatic heterocycles. The molecule has 0 bridgehead atoms. The van der Waals surface area contributed by atoms with Gasteiger partial charge in [-0.3, -0.25) is 4.79 Å². The van der Waals surface area contributed by atoms with Gasteiger partial charge in [0.05, 0.1) is 10.5 Å². The summed E-state index contributed by atoms with van der Waals surface area (Å²) < 4.78 is 24.8. The maximum absolute atomic E-state index is 12.3. The van der Waals surface area contributed by atoms with Gasteiger partial charge in [0.25, 0.3) is 5.91 Å². The highest BCUT2D eigenvalue weighted by atomic mass is 79.9. The Morgan fingerprint density at radius 1 is 1.30 bits per heavy atom. The van der Waals surface area contributed by atoms with Gasteiger partial charge in [0, 0.05) is 10.7 Å². The third kappa shape index (κ3) is 3.74. The third-order valence-electron chi connectivity index (χ3n) is 4.22. The summed E-state index contributed by atoms with van der Waals surface area (Å²) in [6, 6.07) is 3.29. The zero-order chi connectivity index (χ0) is 17.4. The molecule has 0 aromatic heterocycles. The molecule has 0 radical (unpaired) electrons. The lowest BCUT2D eigenvalue weighted by atomic mass is 9.89. The van der Waals surface area contributed by atoms with Gasteiger partial charge >= 0.3 is 0 Å². The summed E-state index contributed by atoms with van der Waals surface area (Å²) in [5, 5.41) is 0. The lowest BCUT2D eigenvalue weighted by Gasteiger charge is -2.21. The van der Waals surface area contributed by atoms with Crippen LogP contribution in [0, 0.1) is 5.92 Å². The topological polar surface area (TPSA) is 116 Å². The minimum absolute atomic E-state index is 0.133. The quantitative estimate of drug-likeness (QED) is 0.594. The highest BCUT2D eigenvalue weighted by Crippen LogP contribution is 2.44. The number of sulfone groups is 1. The summed E-state index contributed by atoms with van der Waals surface area (Å²) in [6.45, 7) is 2.12. The number of halogens is 1. The molecule has 1 saturated carbocycles. The first kappa shape index (κ1) is 17.9. The first-order chi connectivity index (χ1) is 10.6. The first-order valence-electron chi connectivity index (χ1n) is 7.29. The molecule has 1 aromatic rings. The molecule has 1 aliphatic rings. The lowest BCUT2D eigenvalue weighted by molar-refractivity contribution is 0.100. The van der Waals surface area contributed by atoms with Crippen molar-refractivity contribution in [3.63, 3.8) is 0 Å². The van der Waals surface area contributed by atoms with Crippen molar-refractivity contribution < 1.29 is 13.2 Å². The average molecular weight is 402 g/mol. The van der Waals surface area contributed by atoms with Crippen molar-refractivity contribution in [3.05, 3.63) is 27.7 Å². The summed E-state index contributed by atoms with van der Waals surface area (Å²) in [5.74, 6) is -0.464. The maximum Gasteiger partial charge on any atom is 0.281 e. The van der Waals surface area contributed by atoms with E-state index < -0.39 is 15.7 Å². The van der Waals surface area contributed by atoms with Crippen molar-refractivity contribution in [2.45, 2.75) is 37.0 Å². The van der Waals surface area contributed by atoms with E-state index in [0.717, 1.165) is 31.1 Å². The number of hydrogen-bond donors (Lipinski definition) is 2. The molecule has 4 N–H and O–H groups in total. The minimum Gasteiger partial charge on any atom is -0.370 e. The Morgan fingerprint density at radius 3 is 2.43 bits per heavy atom. The Hall–Kier alpha value is -1.41.